The first kappa shape index (κ1) is 9.56. The van der Waals surface area contributed by atoms with E-state index in [2.05, 4.69) is 0 Å². The summed E-state index contributed by atoms with van der Waals surface area (Å²) in [6.45, 7) is 1.80. The van der Waals surface area contributed by atoms with E-state index >= 15 is 0 Å². The van der Waals surface area contributed by atoms with E-state index in [1.807, 2.05) is 5.32 Å². The van der Waals surface area contributed by atoms with E-state index in [0.717, 1.165) is 5.56 Å². The van der Waals surface area contributed by atoms with E-state index in [-0.39, 0.29) is 0 Å². The molecule has 1 amide bonds. The molecule has 0 heterocycles. The Kier molecular flexibility index (Phi) is 2.88. The standard InChI is InChI=1S/C9H7ClN2O/c1-6-3-2-4-7(8(6)10)9(13)12-5-11/h2-4H,1H3,(H,12,13). The van der Waals surface area contributed by atoms with Crippen molar-refractivity contribution in [2.75, 3.05) is 0 Å². The molecule has 13 heavy (non-hydrogen) atoms. The fraction of sp³-hybridized carbons (Fsp3) is 0.111. The summed E-state index contributed by atoms with van der Waals surface area (Å²) in [4.78, 5) is 11.2. The van der Waals surface area contributed by atoms with Crippen molar-refractivity contribution in [2.24, 2.45) is 0 Å². The summed E-state index contributed by atoms with van der Waals surface area (Å²) >= 11 is 5.85. The highest BCUT2D eigenvalue weighted by atomic mass is 35.5. The molecule has 0 fully saturated rings. The van der Waals surface area contributed by atoms with Gasteiger partial charge in [0.1, 0.15) is 0 Å². The highest BCUT2D eigenvalue weighted by molar-refractivity contribution is 6.34. The van der Waals surface area contributed by atoms with Gasteiger partial charge in [0.2, 0.25) is 0 Å². The fourth-order valence-electron chi connectivity index (χ4n) is 0.941. The lowest BCUT2D eigenvalue weighted by molar-refractivity contribution is 0.0973. The van der Waals surface area contributed by atoms with Gasteiger partial charge >= 0.3 is 0 Å². The number of nitrogens with zero attached hydrogens (tertiary/aromatic N) is 1. The zero-order valence-corrected chi connectivity index (χ0v) is 7.72. The topological polar surface area (TPSA) is 52.9 Å². The quantitative estimate of drug-likeness (QED) is 0.548. The Bertz CT molecular complexity index is 382. The summed E-state index contributed by atoms with van der Waals surface area (Å²) in [5.74, 6) is -0.476. The number of hydrogen-bond acceptors (Lipinski definition) is 2. The van der Waals surface area contributed by atoms with Crippen LogP contribution in [0.1, 0.15) is 15.9 Å². The zero-order chi connectivity index (χ0) is 9.84. The molecule has 0 unspecified atom stereocenters. The molecule has 1 aromatic rings. The first-order valence-electron chi connectivity index (χ1n) is 3.61. The van der Waals surface area contributed by atoms with Crippen LogP contribution in [0.15, 0.2) is 18.2 Å². The van der Waals surface area contributed by atoms with E-state index in [4.69, 9.17) is 16.9 Å². The van der Waals surface area contributed by atoms with E-state index in [1.54, 1.807) is 31.3 Å². The van der Waals surface area contributed by atoms with Gasteiger partial charge in [0, 0.05) is 0 Å². The van der Waals surface area contributed by atoms with E-state index in [9.17, 15) is 4.79 Å². The summed E-state index contributed by atoms with van der Waals surface area (Å²) in [7, 11) is 0. The number of rotatable bonds is 1. The number of hydrogen-bond donors (Lipinski definition) is 1. The van der Waals surface area contributed by atoms with Crippen LogP contribution < -0.4 is 5.32 Å². The highest BCUT2D eigenvalue weighted by Crippen LogP contribution is 2.19. The molecule has 1 N–H and O–H groups in total. The normalized spacial score (nSPS) is 9.00. The zero-order valence-electron chi connectivity index (χ0n) is 6.97. The van der Waals surface area contributed by atoms with Crippen molar-refractivity contribution in [1.29, 1.82) is 5.26 Å². The van der Waals surface area contributed by atoms with Crippen molar-refractivity contribution < 1.29 is 4.79 Å². The average Bonchev–Trinajstić information content (AvgIpc) is 2.10. The lowest BCUT2D eigenvalue weighted by Gasteiger charge is -2.02. The molecule has 0 aliphatic heterocycles. The molecular weight excluding hydrogens is 188 g/mol. The molecule has 0 aliphatic carbocycles. The van der Waals surface area contributed by atoms with E-state index in [1.165, 1.54) is 0 Å². The van der Waals surface area contributed by atoms with Gasteiger partial charge in [-0.05, 0) is 18.6 Å². The summed E-state index contributed by atoms with van der Waals surface area (Å²) in [6.07, 6.45) is 1.55. The number of benzene rings is 1. The molecule has 4 heteroatoms. The molecule has 0 aromatic heterocycles. The molecular formula is C9H7ClN2O. The van der Waals surface area contributed by atoms with Crippen LogP contribution in [0, 0.1) is 18.4 Å². The SMILES string of the molecule is Cc1cccc(C(=O)NC#N)c1Cl. The Hall–Kier alpha value is -1.53. The first-order chi connectivity index (χ1) is 6.16. The van der Waals surface area contributed by atoms with Crippen LogP contribution in [0.2, 0.25) is 5.02 Å². The monoisotopic (exact) mass is 194 g/mol. The largest absolute Gasteiger partial charge is 0.268 e. The Balaban J connectivity index is 3.09. The van der Waals surface area contributed by atoms with E-state index in [0.29, 0.717) is 10.6 Å². The third-order valence-electron chi connectivity index (χ3n) is 1.61. The second-order valence-corrected chi connectivity index (χ2v) is 2.88. The summed E-state index contributed by atoms with van der Waals surface area (Å²) in [6, 6.07) is 5.08. The van der Waals surface area contributed by atoms with Crippen LogP contribution in [0.3, 0.4) is 0 Å². The average molecular weight is 195 g/mol. The van der Waals surface area contributed by atoms with Gasteiger partial charge in [-0.2, -0.15) is 5.26 Å². The number of nitrogens with one attached hydrogen (secondary N) is 1. The number of halogens is 1. The van der Waals surface area contributed by atoms with Crippen molar-refractivity contribution in [1.82, 2.24) is 5.32 Å². The minimum Gasteiger partial charge on any atom is -0.268 e. The van der Waals surface area contributed by atoms with Crippen LogP contribution in [0.5, 0.6) is 0 Å². The maximum atomic E-state index is 11.2. The molecule has 66 valence electrons. The molecule has 0 aliphatic rings. The van der Waals surface area contributed by atoms with Gasteiger partial charge in [-0.3, -0.25) is 10.1 Å². The van der Waals surface area contributed by atoms with Crippen LogP contribution in [0.4, 0.5) is 0 Å². The van der Waals surface area contributed by atoms with E-state index < -0.39 is 5.91 Å². The maximum absolute atomic E-state index is 11.2. The highest BCUT2D eigenvalue weighted by Gasteiger charge is 2.10. The van der Waals surface area contributed by atoms with Gasteiger partial charge < -0.3 is 0 Å². The predicted molar refractivity (Wildman–Crippen MR) is 49.3 cm³/mol. The Morgan fingerprint density at radius 2 is 2.31 bits per heavy atom. The van der Waals surface area contributed by atoms with Gasteiger partial charge in [0.15, 0.2) is 6.19 Å². The van der Waals surface area contributed by atoms with Crippen molar-refractivity contribution in [2.45, 2.75) is 6.92 Å². The van der Waals surface area contributed by atoms with Crippen LogP contribution in [-0.4, -0.2) is 5.91 Å². The lowest BCUT2D eigenvalue weighted by atomic mass is 10.1. The van der Waals surface area contributed by atoms with Crippen molar-refractivity contribution in [3.05, 3.63) is 34.3 Å². The van der Waals surface area contributed by atoms with Gasteiger partial charge in [0.05, 0.1) is 10.6 Å². The molecule has 0 saturated carbocycles. The third kappa shape index (κ3) is 1.98. The molecule has 1 rings (SSSR count). The molecule has 3 nitrogen and oxygen atoms in total. The minimum atomic E-state index is -0.476. The third-order valence-corrected chi connectivity index (χ3v) is 2.11. The number of aryl methyl sites for hydroxylation is 1. The molecule has 0 atom stereocenters. The number of carbonyl (C=O) groups excluding carboxylic acids is 1. The van der Waals surface area contributed by atoms with Gasteiger partial charge in [0.25, 0.3) is 5.91 Å². The molecule has 1 aromatic carbocycles. The lowest BCUT2D eigenvalue weighted by Crippen LogP contribution is -2.17. The second kappa shape index (κ2) is 3.92. The maximum Gasteiger partial charge on any atom is 0.265 e. The van der Waals surface area contributed by atoms with Crippen molar-refractivity contribution >= 4 is 17.5 Å². The number of nitriles is 1. The fourth-order valence-corrected chi connectivity index (χ4v) is 1.15. The molecule has 0 spiro atoms. The Labute approximate surface area is 80.9 Å². The van der Waals surface area contributed by atoms with Crippen LogP contribution in [0.25, 0.3) is 0 Å². The number of carbonyl (C=O) groups is 1. The van der Waals surface area contributed by atoms with Crippen LogP contribution >= 0.6 is 11.6 Å². The van der Waals surface area contributed by atoms with Crippen molar-refractivity contribution in [3.8, 4) is 6.19 Å². The predicted octanol–water partition coefficient (Wildman–Crippen LogP) is 1.86. The summed E-state index contributed by atoms with van der Waals surface area (Å²) < 4.78 is 0. The summed E-state index contributed by atoms with van der Waals surface area (Å²) in [5.41, 5.74) is 1.13. The Morgan fingerprint density at radius 1 is 1.62 bits per heavy atom. The van der Waals surface area contributed by atoms with Crippen LogP contribution in [-0.2, 0) is 0 Å². The summed E-state index contributed by atoms with van der Waals surface area (Å²) in [5, 5.41) is 10.6. The van der Waals surface area contributed by atoms with Gasteiger partial charge in [-0.1, -0.05) is 23.7 Å². The minimum absolute atomic E-state index is 0.322. The second-order valence-electron chi connectivity index (χ2n) is 2.50. The smallest absolute Gasteiger partial charge is 0.265 e. The van der Waals surface area contributed by atoms with Gasteiger partial charge in [-0.25, -0.2) is 0 Å². The first-order valence-corrected chi connectivity index (χ1v) is 3.99. The number of amides is 1. The van der Waals surface area contributed by atoms with Crippen molar-refractivity contribution in [3.63, 3.8) is 0 Å². The van der Waals surface area contributed by atoms with Gasteiger partial charge in [-0.15, -0.1) is 0 Å². The Morgan fingerprint density at radius 3 is 2.92 bits per heavy atom. The molecule has 0 radical (unpaired) electrons. The molecule has 0 saturated heterocycles. The molecule has 0 bridgehead atoms.